The number of hydrogen-bond acceptors (Lipinski definition) is 5. The average Bonchev–Trinajstić information content (AvgIpc) is 2.34. The molecule has 5 nitrogen and oxygen atoms in total. The lowest BCUT2D eigenvalue weighted by atomic mass is 10.3. The molecule has 6 heteroatoms. The Bertz CT molecular complexity index is 502. The van der Waals surface area contributed by atoms with Gasteiger partial charge < -0.3 is 10.6 Å². The normalized spacial score (nSPS) is 10.2. The topological polar surface area (TPSA) is 67.9 Å². The van der Waals surface area contributed by atoms with Crippen LogP contribution in [0.2, 0.25) is 5.02 Å². The van der Waals surface area contributed by atoms with Crippen LogP contribution >= 0.6 is 11.6 Å². The molecule has 2 aromatic rings. The van der Waals surface area contributed by atoms with Gasteiger partial charge in [0, 0.05) is 26.0 Å². The van der Waals surface area contributed by atoms with Gasteiger partial charge in [0.2, 0.25) is 0 Å². The van der Waals surface area contributed by atoms with Crippen LogP contribution in [0.4, 0.5) is 11.6 Å². The molecule has 0 atom stereocenters. The van der Waals surface area contributed by atoms with Crippen molar-refractivity contribution in [3.63, 3.8) is 0 Å². The fraction of sp³-hybridized carbons (Fsp3) is 0.182. The number of rotatable bonds is 3. The molecule has 0 radical (unpaired) electrons. The van der Waals surface area contributed by atoms with Gasteiger partial charge in [0.25, 0.3) is 0 Å². The van der Waals surface area contributed by atoms with Crippen molar-refractivity contribution in [2.75, 3.05) is 17.7 Å². The molecule has 2 aromatic heterocycles. The molecule has 0 amide bonds. The highest BCUT2D eigenvalue weighted by atomic mass is 35.5. The molecule has 0 fully saturated rings. The highest BCUT2D eigenvalue weighted by Crippen LogP contribution is 2.26. The largest absolute Gasteiger partial charge is 0.382 e. The van der Waals surface area contributed by atoms with Gasteiger partial charge >= 0.3 is 0 Å². The van der Waals surface area contributed by atoms with E-state index < -0.39 is 0 Å². The summed E-state index contributed by atoms with van der Waals surface area (Å²) in [4.78, 5) is 13.9. The van der Waals surface area contributed by atoms with Gasteiger partial charge in [-0.3, -0.25) is 4.98 Å². The number of halogens is 1. The van der Waals surface area contributed by atoms with Gasteiger partial charge in [-0.15, -0.1) is 0 Å². The Balaban J connectivity index is 2.20. The summed E-state index contributed by atoms with van der Waals surface area (Å²) in [6, 6.07) is 3.88. The first-order valence-electron chi connectivity index (χ1n) is 5.04. The van der Waals surface area contributed by atoms with Gasteiger partial charge in [-0.05, 0) is 11.6 Å². The molecule has 0 aliphatic carbocycles. The smallest absolute Gasteiger partial charge is 0.153 e. The van der Waals surface area contributed by atoms with E-state index in [4.69, 9.17) is 17.3 Å². The molecule has 2 heterocycles. The molecule has 2 rings (SSSR count). The molecule has 0 aliphatic heterocycles. The van der Waals surface area contributed by atoms with E-state index >= 15 is 0 Å². The summed E-state index contributed by atoms with van der Waals surface area (Å²) in [7, 11) is 1.89. The van der Waals surface area contributed by atoms with E-state index in [-0.39, 0.29) is 5.82 Å². The maximum atomic E-state index is 6.05. The van der Waals surface area contributed by atoms with Crippen LogP contribution in [-0.4, -0.2) is 22.0 Å². The van der Waals surface area contributed by atoms with Crippen LogP contribution in [0.1, 0.15) is 5.56 Å². The van der Waals surface area contributed by atoms with E-state index in [9.17, 15) is 0 Å². The third-order valence-corrected chi connectivity index (χ3v) is 2.66. The molecule has 2 N–H and O–H groups in total. The predicted octanol–water partition coefficient (Wildman–Crippen LogP) is 1.74. The minimum atomic E-state index is 0.287. The van der Waals surface area contributed by atoms with E-state index in [1.807, 2.05) is 24.1 Å². The minimum Gasteiger partial charge on any atom is -0.382 e. The number of hydrogen-bond donors (Lipinski definition) is 1. The van der Waals surface area contributed by atoms with E-state index in [1.54, 1.807) is 12.4 Å². The van der Waals surface area contributed by atoms with E-state index in [1.165, 1.54) is 6.33 Å². The second-order valence-electron chi connectivity index (χ2n) is 3.61. The zero-order chi connectivity index (χ0) is 12.3. The first kappa shape index (κ1) is 11.6. The van der Waals surface area contributed by atoms with Crippen molar-refractivity contribution >= 4 is 23.2 Å². The quantitative estimate of drug-likeness (QED) is 0.898. The van der Waals surface area contributed by atoms with Crippen molar-refractivity contribution in [2.24, 2.45) is 0 Å². The Hall–Kier alpha value is -1.88. The Labute approximate surface area is 104 Å². The van der Waals surface area contributed by atoms with Crippen LogP contribution in [0.3, 0.4) is 0 Å². The number of anilines is 2. The van der Waals surface area contributed by atoms with Crippen molar-refractivity contribution in [3.05, 3.63) is 41.4 Å². The maximum Gasteiger partial charge on any atom is 0.153 e. The lowest BCUT2D eigenvalue weighted by molar-refractivity contribution is 0.886. The predicted molar refractivity (Wildman–Crippen MR) is 67.8 cm³/mol. The summed E-state index contributed by atoms with van der Waals surface area (Å²) >= 11 is 6.05. The standard InChI is InChI=1S/C11H12ClN5/c1-17(6-8-3-2-4-14-5-8)11-9(12)10(13)15-7-16-11/h2-5,7H,6H2,1H3,(H2,13,15,16). The lowest BCUT2D eigenvalue weighted by Crippen LogP contribution is -2.18. The Morgan fingerprint density at radius 2 is 2.24 bits per heavy atom. The third-order valence-electron chi connectivity index (χ3n) is 2.30. The zero-order valence-electron chi connectivity index (χ0n) is 9.34. The molecule has 0 saturated heterocycles. The first-order valence-corrected chi connectivity index (χ1v) is 5.42. The molecule has 88 valence electrons. The molecular weight excluding hydrogens is 238 g/mol. The summed E-state index contributed by atoms with van der Waals surface area (Å²) in [6.07, 6.45) is 4.93. The molecule has 0 unspecified atom stereocenters. The van der Waals surface area contributed by atoms with Crippen LogP contribution in [0.25, 0.3) is 0 Å². The van der Waals surface area contributed by atoms with E-state index in [0.29, 0.717) is 17.4 Å². The van der Waals surface area contributed by atoms with Gasteiger partial charge in [0.1, 0.15) is 17.2 Å². The molecule has 0 spiro atoms. The Morgan fingerprint density at radius 3 is 2.94 bits per heavy atom. The van der Waals surface area contributed by atoms with Gasteiger partial charge in [0.15, 0.2) is 5.82 Å². The zero-order valence-corrected chi connectivity index (χ0v) is 10.1. The summed E-state index contributed by atoms with van der Waals surface area (Å²) in [5.74, 6) is 0.901. The minimum absolute atomic E-state index is 0.287. The van der Waals surface area contributed by atoms with Crippen LogP contribution in [-0.2, 0) is 6.54 Å². The van der Waals surface area contributed by atoms with Gasteiger partial charge in [-0.1, -0.05) is 17.7 Å². The first-order chi connectivity index (χ1) is 8.18. The molecule has 0 aromatic carbocycles. The van der Waals surface area contributed by atoms with Crippen molar-refractivity contribution in [3.8, 4) is 0 Å². The number of nitrogen functional groups attached to an aromatic ring is 1. The molecule has 0 saturated carbocycles. The maximum absolute atomic E-state index is 6.05. The van der Waals surface area contributed by atoms with Crippen LogP contribution in [0.15, 0.2) is 30.9 Å². The van der Waals surface area contributed by atoms with Crippen LogP contribution in [0.5, 0.6) is 0 Å². The number of nitrogens with zero attached hydrogens (tertiary/aromatic N) is 4. The molecule has 0 bridgehead atoms. The average molecular weight is 250 g/mol. The van der Waals surface area contributed by atoms with Crippen LogP contribution in [0, 0.1) is 0 Å². The van der Waals surface area contributed by atoms with Crippen molar-refractivity contribution in [2.45, 2.75) is 6.54 Å². The number of pyridine rings is 1. The highest BCUT2D eigenvalue weighted by molar-refractivity contribution is 6.35. The summed E-state index contributed by atoms with van der Waals surface area (Å²) in [5.41, 5.74) is 6.70. The number of aromatic nitrogens is 3. The second-order valence-corrected chi connectivity index (χ2v) is 3.99. The fourth-order valence-corrected chi connectivity index (χ4v) is 1.72. The van der Waals surface area contributed by atoms with Gasteiger partial charge in [-0.25, -0.2) is 9.97 Å². The summed E-state index contributed by atoms with van der Waals surface area (Å²) in [6.45, 7) is 0.657. The lowest BCUT2D eigenvalue weighted by Gasteiger charge is -2.19. The fourth-order valence-electron chi connectivity index (χ4n) is 1.48. The summed E-state index contributed by atoms with van der Waals surface area (Å²) < 4.78 is 0. The third kappa shape index (κ3) is 2.62. The van der Waals surface area contributed by atoms with Crippen molar-refractivity contribution in [1.29, 1.82) is 0 Å². The molecule has 0 aliphatic rings. The second kappa shape index (κ2) is 4.97. The molecular formula is C11H12ClN5. The highest BCUT2D eigenvalue weighted by Gasteiger charge is 2.11. The molecule has 17 heavy (non-hydrogen) atoms. The van der Waals surface area contributed by atoms with E-state index in [2.05, 4.69) is 15.0 Å². The summed E-state index contributed by atoms with van der Waals surface area (Å²) in [5, 5.41) is 0.374. The number of nitrogens with two attached hydrogens (primary N) is 1. The van der Waals surface area contributed by atoms with Gasteiger partial charge in [0.05, 0.1) is 0 Å². The van der Waals surface area contributed by atoms with Gasteiger partial charge in [-0.2, -0.15) is 0 Å². The van der Waals surface area contributed by atoms with E-state index in [0.717, 1.165) is 5.56 Å². The van der Waals surface area contributed by atoms with Crippen LogP contribution < -0.4 is 10.6 Å². The SMILES string of the molecule is CN(Cc1cccnc1)c1ncnc(N)c1Cl. The van der Waals surface area contributed by atoms with Crippen molar-refractivity contribution in [1.82, 2.24) is 15.0 Å². The Morgan fingerprint density at radius 1 is 1.41 bits per heavy atom. The Kier molecular flexibility index (Phi) is 3.39. The monoisotopic (exact) mass is 249 g/mol. The van der Waals surface area contributed by atoms with Crippen molar-refractivity contribution < 1.29 is 0 Å².